The maximum absolute atomic E-state index is 12.2. The number of aliphatic hydroxyl groups excluding tert-OH is 1. The summed E-state index contributed by atoms with van der Waals surface area (Å²) >= 11 is 0. The van der Waals surface area contributed by atoms with Crippen LogP contribution in [0, 0.1) is 0 Å². The second-order valence-electron chi connectivity index (χ2n) is 5.57. The van der Waals surface area contributed by atoms with Gasteiger partial charge in [-0.05, 0) is 30.7 Å². The fourth-order valence-corrected chi connectivity index (χ4v) is 3.41. The summed E-state index contributed by atoms with van der Waals surface area (Å²) in [6, 6.07) is 11.8. The van der Waals surface area contributed by atoms with E-state index in [4.69, 9.17) is 5.11 Å². The summed E-state index contributed by atoms with van der Waals surface area (Å²) in [6.07, 6.45) is 0.969. The molecule has 9 nitrogen and oxygen atoms in total. The molecular weight excluding hydrogens is 356 g/mol. The van der Waals surface area contributed by atoms with Gasteiger partial charge in [0.25, 0.3) is 0 Å². The number of hydrogen-bond donors (Lipinski definition) is 3. The molecule has 0 amide bonds. The van der Waals surface area contributed by atoms with Crippen molar-refractivity contribution < 1.29 is 13.5 Å². The average molecular weight is 376 g/mol. The van der Waals surface area contributed by atoms with Crippen molar-refractivity contribution in [3.05, 3.63) is 48.3 Å². The Balaban J connectivity index is 1.66. The summed E-state index contributed by atoms with van der Waals surface area (Å²) in [6.45, 7) is 0.889. The SMILES string of the molecule is O=S(=O)(NCCc1nnc2ccc(NCCCO)nn12)c1ccccc1. The number of benzene rings is 1. The number of nitrogens with zero attached hydrogens (tertiary/aromatic N) is 4. The van der Waals surface area contributed by atoms with Crippen LogP contribution < -0.4 is 10.0 Å². The fraction of sp³-hybridized carbons (Fsp3) is 0.312. The Hall–Kier alpha value is -2.56. The van der Waals surface area contributed by atoms with E-state index in [9.17, 15) is 8.42 Å². The lowest BCUT2D eigenvalue weighted by Gasteiger charge is -2.07. The molecular formula is C16H20N6O3S. The Bertz CT molecular complexity index is 959. The van der Waals surface area contributed by atoms with Crippen molar-refractivity contribution in [2.75, 3.05) is 25.0 Å². The van der Waals surface area contributed by atoms with Crippen LogP contribution in [0.25, 0.3) is 5.65 Å². The van der Waals surface area contributed by atoms with E-state index in [2.05, 4.69) is 25.3 Å². The molecule has 138 valence electrons. The molecule has 0 spiro atoms. The Morgan fingerprint density at radius 3 is 2.62 bits per heavy atom. The lowest BCUT2D eigenvalue weighted by Crippen LogP contribution is -2.26. The van der Waals surface area contributed by atoms with E-state index < -0.39 is 10.0 Å². The van der Waals surface area contributed by atoms with E-state index in [1.807, 2.05) is 0 Å². The van der Waals surface area contributed by atoms with Gasteiger partial charge in [-0.15, -0.1) is 15.3 Å². The van der Waals surface area contributed by atoms with Gasteiger partial charge in [0.2, 0.25) is 10.0 Å². The van der Waals surface area contributed by atoms with Crippen LogP contribution in [0.2, 0.25) is 0 Å². The van der Waals surface area contributed by atoms with Crippen molar-refractivity contribution in [1.29, 1.82) is 0 Å². The van der Waals surface area contributed by atoms with Crippen LogP contribution >= 0.6 is 0 Å². The highest BCUT2D eigenvalue weighted by molar-refractivity contribution is 7.89. The quantitative estimate of drug-likeness (QED) is 0.463. The maximum atomic E-state index is 12.2. The molecule has 10 heteroatoms. The molecule has 26 heavy (non-hydrogen) atoms. The van der Waals surface area contributed by atoms with Gasteiger partial charge in [-0.2, -0.15) is 4.52 Å². The van der Waals surface area contributed by atoms with Crippen molar-refractivity contribution in [1.82, 2.24) is 24.5 Å². The highest BCUT2D eigenvalue weighted by Crippen LogP contribution is 2.09. The largest absolute Gasteiger partial charge is 0.396 e. The number of hydrogen-bond acceptors (Lipinski definition) is 7. The van der Waals surface area contributed by atoms with E-state index in [1.165, 1.54) is 0 Å². The third kappa shape index (κ3) is 4.34. The molecule has 2 aromatic heterocycles. The van der Waals surface area contributed by atoms with E-state index in [1.54, 1.807) is 47.0 Å². The van der Waals surface area contributed by atoms with E-state index >= 15 is 0 Å². The first-order valence-electron chi connectivity index (χ1n) is 8.21. The number of aliphatic hydroxyl groups is 1. The Morgan fingerprint density at radius 2 is 1.85 bits per heavy atom. The second-order valence-corrected chi connectivity index (χ2v) is 7.34. The number of aromatic nitrogens is 4. The first-order chi connectivity index (χ1) is 12.6. The lowest BCUT2D eigenvalue weighted by molar-refractivity contribution is 0.292. The minimum Gasteiger partial charge on any atom is -0.396 e. The first-order valence-corrected chi connectivity index (χ1v) is 9.69. The second kappa shape index (κ2) is 8.21. The van der Waals surface area contributed by atoms with Gasteiger partial charge in [-0.25, -0.2) is 13.1 Å². The van der Waals surface area contributed by atoms with Gasteiger partial charge in [-0.1, -0.05) is 18.2 Å². The molecule has 0 saturated heterocycles. The number of sulfonamides is 1. The van der Waals surface area contributed by atoms with Gasteiger partial charge in [0.05, 0.1) is 4.90 Å². The van der Waals surface area contributed by atoms with Crippen LogP contribution in [0.1, 0.15) is 12.2 Å². The van der Waals surface area contributed by atoms with Crippen LogP contribution in [0.4, 0.5) is 5.82 Å². The number of rotatable bonds is 9. The van der Waals surface area contributed by atoms with E-state index in [0.717, 1.165) is 0 Å². The summed E-state index contributed by atoms with van der Waals surface area (Å²) < 4.78 is 28.6. The molecule has 2 heterocycles. The average Bonchev–Trinajstić information content (AvgIpc) is 3.05. The molecule has 0 aliphatic carbocycles. The summed E-state index contributed by atoms with van der Waals surface area (Å²) in [5.41, 5.74) is 0.582. The third-order valence-corrected chi connectivity index (χ3v) is 5.14. The summed E-state index contributed by atoms with van der Waals surface area (Å²) in [5.74, 6) is 1.19. The fourth-order valence-electron chi connectivity index (χ4n) is 2.36. The normalized spacial score (nSPS) is 11.7. The van der Waals surface area contributed by atoms with Gasteiger partial charge in [-0.3, -0.25) is 0 Å². The van der Waals surface area contributed by atoms with Crippen LogP contribution in [0.5, 0.6) is 0 Å². The molecule has 3 N–H and O–H groups in total. The summed E-state index contributed by atoms with van der Waals surface area (Å²) in [4.78, 5) is 0.222. The number of anilines is 1. The monoisotopic (exact) mass is 376 g/mol. The van der Waals surface area contributed by atoms with Crippen LogP contribution in [-0.2, 0) is 16.4 Å². The molecule has 3 rings (SSSR count). The Labute approximate surface area is 151 Å². The van der Waals surface area contributed by atoms with E-state index in [-0.39, 0.29) is 18.0 Å². The van der Waals surface area contributed by atoms with Crippen molar-refractivity contribution in [2.45, 2.75) is 17.7 Å². The van der Waals surface area contributed by atoms with Crippen molar-refractivity contribution in [2.24, 2.45) is 0 Å². The molecule has 0 unspecified atom stereocenters. The molecule has 0 atom stereocenters. The number of fused-ring (bicyclic) bond motifs is 1. The first kappa shape index (κ1) is 18.2. The van der Waals surface area contributed by atoms with Crippen LogP contribution in [0.15, 0.2) is 47.4 Å². The van der Waals surface area contributed by atoms with Crippen LogP contribution in [0.3, 0.4) is 0 Å². The molecule has 0 saturated carbocycles. The minimum atomic E-state index is -3.55. The molecule has 0 aliphatic heterocycles. The standard InChI is InChI=1S/C16H20N6O3S/c23-12-4-10-17-14-7-8-15-19-20-16(22(15)21-14)9-11-18-26(24,25)13-5-2-1-3-6-13/h1-3,5-8,18,23H,4,9-12H2,(H,17,21). The zero-order valence-corrected chi connectivity index (χ0v) is 14.9. The molecule has 0 bridgehead atoms. The number of nitrogens with one attached hydrogen (secondary N) is 2. The Kier molecular flexibility index (Phi) is 5.76. The maximum Gasteiger partial charge on any atom is 0.240 e. The van der Waals surface area contributed by atoms with Crippen molar-refractivity contribution in [3.8, 4) is 0 Å². The topological polar surface area (TPSA) is 122 Å². The summed E-state index contributed by atoms with van der Waals surface area (Å²) in [7, 11) is -3.55. The third-order valence-electron chi connectivity index (χ3n) is 3.66. The highest BCUT2D eigenvalue weighted by Gasteiger charge is 2.14. The molecule has 3 aromatic rings. The molecule has 0 radical (unpaired) electrons. The summed E-state index contributed by atoms with van der Waals surface area (Å²) in [5, 5.41) is 24.4. The zero-order chi connectivity index (χ0) is 18.4. The predicted octanol–water partition coefficient (Wildman–Crippen LogP) is 0.440. The molecule has 0 aliphatic rings. The van der Waals surface area contributed by atoms with Crippen LogP contribution in [-0.4, -0.2) is 53.0 Å². The zero-order valence-electron chi connectivity index (χ0n) is 14.0. The van der Waals surface area contributed by atoms with E-state index in [0.29, 0.717) is 36.7 Å². The smallest absolute Gasteiger partial charge is 0.240 e. The van der Waals surface area contributed by atoms with Crippen molar-refractivity contribution in [3.63, 3.8) is 0 Å². The highest BCUT2D eigenvalue weighted by atomic mass is 32.2. The van der Waals surface area contributed by atoms with Gasteiger partial charge in [0.15, 0.2) is 11.5 Å². The molecule has 0 fully saturated rings. The van der Waals surface area contributed by atoms with Crippen molar-refractivity contribution >= 4 is 21.5 Å². The Morgan fingerprint density at radius 1 is 1.04 bits per heavy atom. The van der Waals surface area contributed by atoms with Gasteiger partial charge < -0.3 is 10.4 Å². The van der Waals surface area contributed by atoms with Gasteiger partial charge >= 0.3 is 0 Å². The minimum absolute atomic E-state index is 0.106. The lowest BCUT2D eigenvalue weighted by atomic mass is 10.4. The predicted molar refractivity (Wildman–Crippen MR) is 96.3 cm³/mol. The molecule has 1 aromatic carbocycles. The van der Waals surface area contributed by atoms with Gasteiger partial charge in [0.1, 0.15) is 5.82 Å². The van der Waals surface area contributed by atoms with Gasteiger partial charge in [0, 0.05) is 26.1 Å².